The zero-order valence-corrected chi connectivity index (χ0v) is 17.0. The van der Waals surface area contributed by atoms with Crippen molar-refractivity contribution in [3.63, 3.8) is 0 Å². The molecule has 0 aliphatic heterocycles. The third-order valence-electron chi connectivity index (χ3n) is 3.84. The minimum Gasteiger partial charge on any atom is -0.369 e. The smallest absolute Gasteiger partial charge is 0.369 e. The summed E-state index contributed by atoms with van der Waals surface area (Å²) in [4.78, 5) is 17.4. The molecule has 1 heterocycles. The van der Waals surface area contributed by atoms with Gasteiger partial charge in [0.15, 0.2) is 0 Å². The number of hydrogen-bond acceptors (Lipinski definition) is 6. The zero-order chi connectivity index (χ0) is 22.4. The molecule has 164 valence electrons. The molecular weight excluding hydrogens is 447 g/mol. The van der Waals surface area contributed by atoms with E-state index in [1.54, 1.807) is 12.1 Å². The molecule has 0 spiro atoms. The molecule has 2 aromatic rings. The predicted molar refractivity (Wildman–Crippen MR) is 105 cm³/mol. The second kappa shape index (κ2) is 10.1. The van der Waals surface area contributed by atoms with E-state index in [0.717, 1.165) is 11.6 Å². The van der Waals surface area contributed by atoms with Crippen LogP contribution in [0.25, 0.3) is 0 Å². The quantitative estimate of drug-likeness (QED) is 0.333. The van der Waals surface area contributed by atoms with Crippen LogP contribution in [0, 0.1) is 0 Å². The largest absolute Gasteiger partial charge is 0.417 e. The number of sulfonamides is 1. The fraction of sp³-hybridized carbons (Fsp3) is 0.294. The summed E-state index contributed by atoms with van der Waals surface area (Å²) in [6.45, 7) is 0.449. The number of anilines is 1. The first kappa shape index (κ1) is 23.9. The Morgan fingerprint density at radius 2 is 1.87 bits per heavy atom. The lowest BCUT2D eigenvalue weighted by atomic mass is 10.2. The number of rotatable bonds is 9. The van der Waals surface area contributed by atoms with Crippen LogP contribution in [0.5, 0.6) is 0 Å². The molecule has 8 nitrogen and oxygen atoms in total. The molecule has 0 fully saturated rings. The minimum absolute atomic E-state index is 0.0373. The number of nitrogens with two attached hydrogens (primary N) is 1. The van der Waals surface area contributed by atoms with Crippen LogP contribution in [-0.4, -0.2) is 25.9 Å². The molecule has 0 saturated carbocycles. The Kier molecular flexibility index (Phi) is 8.01. The number of amides is 1. The number of pyridine rings is 1. The van der Waals surface area contributed by atoms with Gasteiger partial charge in [0.2, 0.25) is 5.91 Å². The van der Waals surface area contributed by atoms with Crippen molar-refractivity contribution in [1.29, 1.82) is 0 Å². The molecule has 1 aromatic carbocycles. The van der Waals surface area contributed by atoms with Crippen molar-refractivity contribution in [2.75, 3.05) is 11.9 Å². The van der Waals surface area contributed by atoms with Gasteiger partial charge in [-0.25, -0.2) is 13.4 Å². The molecule has 0 unspecified atom stereocenters. The highest BCUT2D eigenvalue weighted by atomic mass is 35.5. The molecule has 30 heavy (non-hydrogen) atoms. The van der Waals surface area contributed by atoms with E-state index >= 15 is 0 Å². The number of alkyl halides is 3. The molecular formula is C17H19ClF3N5O3S. The third kappa shape index (κ3) is 6.83. The predicted octanol–water partition coefficient (Wildman–Crippen LogP) is 2.41. The van der Waals surface area contributed by atoms with Gasteiger partial charge in [-0.1, -0.05) is 23.7 Å². The SMILES string of the molecule is NCc1ccc(S(=O)(=O)NNC(=O)CCCNc2ncc(C(F)(F)F)cc2Cl)cc1. The van der Waals surface area contributed by atoms with Gasteiger partial charge in [-0.2, -0.15) is 13.2 Å². The van der Waals surface area contributed by atoms with Gasteiger partial charge in [-0.15, -0.1) is 4.83 Å². The maximum atomic E-state index is 12.6. The third-order valence-corrected chi connectivity index (χ3v) is 5.39. The summed E-state index contributed by atoms with van der Waals surface area (Å²) in [5, 5.41) is 2.51. The van der Waals surface area contributed by atoms with Crippen LogP contribution in [0.1, 0.15) is 24.0 Å². The topological polar surface area (TPSA) is 126 Å². The molecule has 0 bridgehead atoms. The Balaban J connectivity index is 1.77. The summed E-state index contributed by atoms with van der Waals surface area (Å²) in [5.41, 5.74) is 7.33. The second-order valence-electron chi connectivity index (χ2n) is 6.08. The highest BCUT2D eigenvalue weighted by Crippen LogP contribution is 2.32. The molecule has 0 atom stereocenters. The first-order valence-electron chi connectivity index (χ1n) is 8.59. The van der Waals surface area contributed by atoms with Gasteiger partial charge in [0.25, 0.3) is 10.0 Å². The van der Waals surface area contributed by atoms with Crippen molar-refractivity contribution in [2.45, 2.75) is 30.5 Å². The van der Waals surface area contributed by atoms with Gasteiger partial charge in [0.1, 0.15) is 5.82 Å². The number of hydrazine groups is 1. The summed E-state index contributed by atoms with van der Waals surface area (Å²) in [6, 6.07) is 6.59. The zero-order valence-electron chi connectivity index (χ0n) is 15.5. The van der Waals surface area contributed by atoms with Crippen LogP contribution in [0.15, 0.2) is 41.4 Å². The van der Waals surface area contributed by atoms with E-state index in [1.165, 1.54) is 12.1 Å². The fourth-order valence-electron chi connectivity index (χ4n) is 2.23. The Labute approximate surface area is 176 Å². The molecule has 0 radical (unpaired) electrons. The lowest BCUT2D eigenvalue weighted by Gasteiger charge is -2.11. The lowest BCUT2D eigenvalue weighted by molar-refractivity contribution is -0.137. The number of carbonyl (C=O) groups excluding carboxylic acids is 1. The van der Waals surface area contributed by atoms with Crippen LogP contribution in [0.2, 0.25) is 5.02 Å². The van der Waals surface area contributed by atoms with Crippen LogP contribution >= 0.6 is 11.6 Å². The molecule has 5 N–H and O–H groups in total. The summed E-state index contributed by atoms with van der Waals surface area (Å²) in [5.74, 6) is -0.544. The van der Waals surface area contributed by atoms with E-state index < -0.39 is 27.7 Å². The van der Waals surface area contributed by atoms with E-state index in [-0.39, 0.29) is 41.7 Å². The van der Waals surface area contributed by atoms with E-state index in [4.69, 9.17) is 17.3 Å². The first-order chi connectivity index (χ1) is 14.0. The Morgan fingerprint density at radius 1 is 1.20 bits per heavy atom. The van der Waals surface area contributed by atoms with Gasteiger partial charge in [0, 0.05) is 25.7 Å². The lowest BCUT2D eigenvalue weighted by Crippen LogP contribution is -2.41. The number of aromatic nitrogens is 1. The standard InChI is InChI=1S/C17H19ClF3N5O3S/c18-14-8-12(17(19,20)21)10-24-16(14)23-7-1-2-15(27)25-26-30(28,29)13-5-3-11(9-22)4-6-13/h3-6,8,10,26H,1-2,7,9,22H2,(H,23,24)(H,25,27). The number of nitrogens with one attached hydrogen (secondary N) is 3. The monoisotopic (exact) mass is 465 g/mol. The van der Waals surface area contributed by atoms with Crippen LogP contribution in [-0.2, 0) is 27.5 Å². The molecule has 13 heteroatoms. The van der Waals surface area contributed by atoms with Gasteiger partial charge < -0.3 is 11.1 Å². The number of benzene rings is 1. The van der Waals surface area contributed by atoms with Gasteiger partial charge in [0.05, 0.1) is 15.5 Å². The molecule has 0 aliphatic carbocycles. The maximum absolute atomic E-state index is 12.6. The summed E-state index contributed by atoms with van der Waals surface area (Å²) < 4.78 is 62.0. The number of halogens is 4. The molecule has 1 amide bonds. The van der Waals surface area contributed by atoms with Crippen LogP contribution < -0.4 is 21.3 Å². The van der Waals surface area contributed by atoms with Crippen molar-refractivity contribution in [1.82, 2.24) is 15.2 Å². The average Bonchev–Trinajstić information content (AvgIpc) is 2.70. The van der Waals surface area contributed by atoms with Crippen molar-refractivity contribution in [3.05, 3.63) is 52.7 Å². The number of hydrogen-bond donors (Lipinski definition) is 4. The second-order valence-corrected chi connectivity index (χ2v) is 8.17. The van der Waals surface area contributed by atoms with Crippen molar-refractivity contribution >= 4 is 33.3 Å². The van der Waals surface area contributed by atoms with E-state index in [9.17, 15) is 26.4 Å². The highest BCUT2D eigenvalue weighted by molar-refractivity contribution is 7.89. The molecule has 0 saturated heterocycles. The average molecular weight is 466 g/mol. The van der Waals surface area contributed by atoms with Crippen molar-refractivity contribution in [3.8, 4) is 0 Å². The summed E-state index contributed by atoms with van der Waals surface area (Å²) in [7, 11) is -3.93. The number of nitrogens with zero attached hydrogens (tertiary/aromatic N) is 1. The van der Waals surface area contributed by atoms with Gasteiger partial charge >= 0.3 is 6.18 Å². The first-order valence-corrected chi connectivity index (χ1v) is 10.5. The highest BCUT2D eigenvalue weighted by Gasteiger charge is 2.31. The Morgan fingerprint density at radius 3 is 2.43 bits per heavy atom. The Bertz CT molecular complexity index is 985. The van der Waals surface area contributed by atoms with E-state index in [2.05, 4.69) is 15.7 Å². The minimum atomic E-state index is -4.55. The van der Waals surface area contributed by atoms with Gasteiger partial charge in [-0.05, 0) is 30.2 Å². The van der Waals surface area contributed by atoms with Gasteiger partial charge in [-0.3, -0.25) is 10.2 Å². The number of carbonyl (C=O) groups is 1. The van der Waals surface area contributed by atoms with Crippen molar-refractivity contribution < 1.29 is 26.4 Å². The fourth-order valence-corrected chi connectivity index (χ4v) is 3.32. The van der Waals surface area contributed by atoms with E-state index in [0.29, 0.717) is 6.20 Å². The summed E-state index contributed by atoms with van der Waals surface area (Å²) in [6.07, 6.45) is -3.71. The molecule has 1 aromatic heterocycles. The molecule has 0 aliphatic rings. The van der Waals surface area contributed by atoms with Crippen LogP contribution in [0.4, 0.5) is 19.0 Å². The van der Waals surface area contributed by atoms with Crippen molar-refractivity contribution in [2.24, 2.45) is 5.73 Å². The Hall–Kier alpha value is -2.41. The summed E-state index contributed by atoms with van der Waals surface area (Å²) >= 11 is 5.77. The molecule has 2 rings (SSSR count). The normalized spacial score (nSPS) is 11.9. The van der Waals surface area contributed by atoms with E-state index in [1.807, 2.05) is 4.83 Å². The maximum Gasteiger partial charge on any atom is 0.417 e. The van der Waals surface area contributed by atoms with Crippen LogP contribution in [0.3, 0.4) is 0 Å².